The smallest absolute Gasteiger partial charge is 0.365 e. The molecule has 0 amide bonds. The molecule has 0 saturated carbocycles. The van der Waals surface area contributed by atoms with Gasteiger partial charge in [0.2, 0.25) is 0 Å². The monoisotopic (exact) mass is 280 g/mol. The van der Waals surface area contributed by atoms with Gasteiger partial charge in [0.15, 0.2) is 5.34 Å². The summed E-state index contributed by atoms with van der Waals surface area (Å²) in [6.07, 6.45) is 0. The molecule has 0 unspecified atom stereocenters. The second-order valence-electron chi connectivity index (χ2n) is 4.45. The predicted molar refractivity (Wildman–Crippen MR) is 75.1 cm³/mol. The van der Waals surface area contributed by atoms with Crippen molar-refractivity contribution in [2.75, 3.05) is 14.2 Å². The van der Waals surface area contributed by atoms with Crippen LogP contribution in [-0.2, 0) is 19.0 Å². The van der Waals surface area contributed by atoms with Gasteiger partial charge in [-0.2, -0.15) is 0 Å². The first-order chi connectivity index (χ1) is 8.94. The summed E-state index contributed by atoms with van der Waals surface area (Å²) in [5, 5.41) is 10.9. The van der Waals surface area contributed by atoms with Crippen LogP contribution in [-0.4, -0.2) is 19.3 Å². The Morgan fingerprint density at radius 3 is 2.21 bits per heavy atom. The molecule has 0 aromatic heterocycles. The van der Waals surface area contributed by atoms with E-state index in [1.807, 2.05) is 30.3 Å². The molecule has 19 heavy (non-hydrogen) atoms. The highest BCUT2D eigenvalue weighted by Crippen LogP contribution is 2.62. The SMILES string of the molecule is COP(=O)(OC)[C@](C)(O)c1ccc2ccccc2c1. The van der Waals surface area contributed by atoms with E-state index in [-0.39, 0.29) is 0 Å². The van der Waals surface area contributed by atoms with Crippen LogP contribution in [0.3, 0.4) is 0 Å². The van der Waals surface area contributed by atoms with E-state index in [4.69, 9.17) is 9.05 Å². The Morgan fingerprint density at radius 1 is 1.05 bits per heavy atom. The summed E-state index contributed by atoms with van der Waals surface area (Å²) >= 11 is 0. The fraction of sp³-hybridized carbons (Fsp3) is 0.286. The second kappa shape index (κ2) is 5.06. The van der Waals surface area contributed by atoms with Gasteiger partial charge in [-0.1, -0.05) is 36.4 Å². The van der Waals surface area contributed by atoms with Crippen molar-refractivity contribution in [2.45, 2.75) is 12.3 Å². The van der Waals surface area contributed by atoms with Gasteiger partial charge in [-0.25, -0.2) is 0 Å². The van der Waals surface area contributed by atoms with Gasteiger partial charge in [0.25, 0.3) is 0 Å². The van der Waals surface area contributed by atoms with Gasteiger partial charge >= 0.3 is 7.60 Å². The average Bonchev–Trinajstić information content (AvgIpc) is 2.45. The Bertz CT molecular complexity index is 628. The fourth-order valence-corrected chi connectivity index (χ4v) is 3.39. The molecule has 1 atom stereocenters. The van der Waals surface area contributed by atoms with Crippen LogP contribution in [0, 0.1) is 0 Å². The molecular weight excluding hydrogens is 263 g/mol. The Labute approximate surface area is 112 Å². The minimum absolute atomic E-state index is 0.498. The van der Waals surface area contributed by atoms with E-state index < -0.39 is 12.9 Å². The van der Waals surface area contributed by atoms with Crippen molar-refractivity contribution in [2.24, 2.45) is 0 Å². The number of rotatable bonds is 4. The van der Waals surface area contributed by atoms with Crippen molar-refractivity contribution < 1.29 is 18.7 Å². The molecule has 0 heterocycles. The summed E-state index contributed by atoms with van der Waals surface area (Å²) in [6.45, 7) is 1.44. The third-order valence-electron chi connectivity index (χ3n) is 3.31. The molecule has 0 aliphatic rings. The summed E-state index contributed by atoms with van der Waals surface area (Å²) in [5.74, 6) is 0. The summed E-state index contributed by atoms with van der Waals surface area (Å²) in [6, 6.07) is 13.1. The zero-order valence-electron chi connectivity index (χ0n) is 11.2. The maximum absolute atomic E-state index is 12.4. The zero-order valence-corrected chi connectivity index (χ0v) is 12.1. The predicted octanol–water partition coefficient (Wildman–Crippen LogP) is 3.49. The van der Waals surface area contributed by atoms with Crippen LogP contribution in [0.25, 0.3) is 10.8 Å². The Balaban J connectivity index is 2.57. The van der Waals surface area contributed by atoms with E-state index in [9.17, 15) is 9.67 Å². The van der Waals surface area contributed by atoms with Crippen LogP contribution >= 0.6 is 7.60 Å². The van der Waals surface area contributed by atoms with Crippen LogP contribution in [0.4, 0.5) is 0 Å². The molecular formula is C14H17O4P. The minimum atomic E-state index is -3.63. The van der Waals surface area contributed by atoms with Gasteiger partial charge in [-0.3, -0.25) is 4.57 Å². The van der Waals surface area contributed by atoms with Crippen LogP contribution in [0.1, 0.15) is 12.5 Å². The molecule has 0 fully saturated rings. The molecule has 0 aliphatic carbocycles. The molecule has 2 rings (SSSR count). The first-order valence-electron chi connectivity index (χ1n) is 5.88. The Morgan fingerprint density at radius 2 is 1.63 bits per heavy atom. The highest BCUT2D eigenvalue weighted by molar-refractivity contribution is 7.54. The summed E-state index contributed by atoms with van der Waals surface area (Å²) in [5.41, 5.74) is 0.498. The van der Waals surface area contributed by atoms with E-state index >= 15 is 0 Å². The van der Waals surface area contributed by atoms with E-state index in [1.54, 1.807) is 12.1 Å². The average molecular weight is 280 g/mol. The highest BCUT2D eigenvalue weighted by atomic mass is 31.2. The lowest BCUT2D eigenvalue weighted by Crippen LogP contribution is -2.23. The molecule has 0 aliphatic heterocycles. The first-order valence-corrected chi connectivity index (χ1v) is 7.42. The second-order valence-corrected chi connectivity index (χ2v) is 7.04. The van der Waals surface area contributed by atoms with Gasteiger partial charge in [0.1, 0.15) is 0 Å². The fourth-order valence-electron chi connectivity index (χ4n) is 2.07. The van der Waals surface area contributed by atoms with E-state index in [2.05, 4.69) is 0 Å². The molecule has 102 valence electrons. The molecule has 4 nitrogen and oxygen atoms in total. The van der Waals surface area contributed by atoms with Gasteiger partial charge in [0, 0.05) is 14.2 Å². The summed E-state index contributed by atoms with van der Waals surface area (Å²) < 4.78 is 22.2. The van der Waals surface area contributed by atoms with Crippen molar-refractivity contribution in [3.63, 3.8) is 0 Å². The molecule has 1 N–H and O–H groups in total. The molecule has 5 heteroatoms. The van der Waals surface area contributed by atoms with Crippen molar-refractivity contribution in [1.29, 1.82) is 0 Å². The lowest BCUT2D eigenvalue weighted by Gasteiger charge is -2.30. The molecule has 2 aromatic rings. The standard InChI is InChI=1S/C14H17O4P/c1-14(15,19(16,17-2)18-3)13-9-8-11-6-4-5-7-12(11)10-13/h4-10,15H,1-3H3/t14-/m0/s1. The van der Waals surface area contributed by atoms with Crippen molar-refractivity contribution in [1.82, 2.24) is 0 Å². The van der Waals surface area contributed by atoms with Crippen LogP contribution in [0.5, 0.6) is 0 Å². The third kappa shape index (κ3) is 2.33. The minimum Gasteiger partial charge on any atom is -0.373 e. The third-order valence-corrected chi connectivity index (χ3v) is 5.60. The molecule has 0 bridgehead atoms. The Hall–Kier alpha value is -1.19. The molecule has 2 aromatic carbocycles. The van der Waals surface area contributed by atoms with Gasteiger partial charge in [-0.05, 0) is 29.3 Å². The van der Waals surface area contributed by atoms with Crippen molar-refractivity contribution >= 4 is 18.4 Å². The van der Waals surface area contributed by atoms with Crippen molar-refractivity contribution in [3.05, 3.63) is 48.0 Å². The van der Waals surface area contributed by atoms with Crippen LogP contribution < -0.4 is 0 Å². The number of aliphatic hydroxyl groups is 1. The first kappa shape index (κ1) is 14.2. The van der Waals surface area contributed by atoms with Crippen LogP contribution in [0.2, 0.25) is 0 Å². The summed E-state index contributed by atoms with van der Waals surface area (Å²) in [7, 11) is -1.10. The molecule has 0 radical (unpaired) electrons. The highest BCUT2D eigenvalue weighted by Gasteiger charge is 2.46. The van der Waals surface area contributed by atoms with E-state index in [0.29, 0.717) is 5.56 Å². The van der Waals surface area contributed by atoms with Gasteiger partial charge in [-0.15, -0.1) is 0 Å². The number of fused-ring (bicyclic) bond motifs is 1. The zero-order chi connectivity index (χ0) is 14.1. The number of benzene rings is 2. The van der Waals surface area contributed by atoms with E-state index in [1.165, 1.54) is 21.1 Å². The lowest BCUT2D eigenvalue weighted by atomic mass is 10.0. The van der Waals surface area contributed by atoms with Gasteiger partial charge in [0.05, 0.1) is 0 Å². The van der Waals surface area contributed by atoms with Gasteiger partial charge < -0.3 is 14.2 Å². The topological polar surface area (TPSA) is 55.8 Å². The quantitative estimate of drug-likeness (QED) is 0.871. The normalized spacial score (nSPS) is 15.4. The molecule has 0 spiro atoms. The number of hydrogen-bond acceptors (Lipinski definition) is 4. The maximum Gasteiger partial charge on any atom is 0.365 e. The summed E-state index contributed by atoms with van der Waals surface area (Å²) in [4.78, 5) is 0. The lowest BCUT2D eigenvalue weighted by molar-refractivity contribution is 0.0933. The Kier molecular flexibility index (Phi) is 3.79. The number of hydrogen-bond donors (Lipinski definition) is 1. The largest absolute Gasteiger partial charge is 0.373 e. The van der Waals surface area contributed by atoms with Crippen LogP contribution in [0.15, 0.2) is 42.5 Å². The van der Waals surface area contributed by atoms with Crippen molar-refractivity contribution in [3.8, 4) is 0 Å². The van der Waals surface area contributed by atoms with E-state index in [0.717, 1.165) is 10.8 Å². The molecule has 0 saturated heterocycles. The maximum atomic E-state index is 12.4.